The summed E-state index contributed by atoms with van der Waals surface area (Å²) in [7, 11) is 0. The van der Waals surface area contributed by atoms with Gasteiger partial charge in [-0.25, -0.2) is 9.78 Å². The smallest absolute Gasteiger partial charge is 0.107 e. The molecule has 0 bridgehead atoms. The quantitative estimate of drug-likeness (QED) is 0.195. The van der Waals surface area contributed by atoms with E-state index in [1.807, 2.05) is 0 Å². The predicted octanol–water partition coefficient (Wildman–Crippen LogP) is 7.50. The van der Waals surface area contributed by atoms with Gasteiger partial charge in [-0.15, -0.1) is 0 Å². The number of rotatable bonds is 14. The van der Waals surface area contributed by atoms with Gasteiger partial charge in [0.2, 0.25) is 0 Å². The molecule has 0 saturated carbocycles. The van der Waals surface area contributed by atoms with Crippen molar-refractivity contribution in [1.29, 1.82) is 0 Å². The van der Waals surface area contributed by atoms with Crippen LogP contribution >= 0.6 is 0 Å². The monoisotopic (exact) mass is 368 g/mol. The molecule has 0 radical (unpaired) electrons. The van der Waals surface area contributed by atoms with Gasteiger partial charge >= 0.3 is 0 Å². The van der Waals surface area contributed by atoms with E-state index in [2.05, 4.69) is 62.4 Å². The van der Waals surface area contributed by atoms with Crippen LogP contribution in [-0.4, -0.2) is 6.61 Å². The third-order valence-corrected chi connectivity index (χ3v) is 4.90. The molecule has 0 N–H and O–H groups in total. The minimum atomic E-state index is 0.498. The van der Waals surface area contributed by atoms with Gasteiger partial charge in [0.1, 0.15) is 6.61 Å². The van der Waals surface area contributed by atoms with Gasteiger partial charge in [0.05, 0.1) is 6.61 Å². The molecule has 2 rings (SSSR count). The van der Waals surface area contributed by atoms with Crippen LogP contribution in [0.1, 0.15) is 76.3 Å². The number of benzene rings is 2. The molecule has 0 aromatic heterocycles. The minimum Gasteiger partial charge on any atom is -0.236 e. The zero-order valence-corrected chi connectivity index (χ0v) is 17.2. The minimum absolute atomic E-state index is 0.498. The molecule has 0 aliphatic rings. The molecule has 0 saturated heterocycles. The highest BCUT2D eigenvalue weighted by molar-refractivity contribution is 5.64. The fourth-order valence-corrected chi connectivity index (χ4v) is 3.26. The predicted molar refractivity (Wildman–Crippen MR) is 115 cm³/mol. The van der Waals surface area contributed by atoms with Crippen LogP contribution < -0.4 is 0 Å². The highest BCUT2D eigenvalue weighted by Gasteiger charge is 2.02. The Hall–Kier alpha value is -1.64. The third kappa shape index (κ3) is 8.73. The lowest BCUT2D eigenvalue weighted by Crippen LogP contribution is -1.98. The number of unbranched alkanes of at least 4 members (excludes halogenated alkanes) is 6. The second kappa shape index (κ2) is 13.5. The molecule has 2 aromatic carbocycles. The summed E-state index contributed by atoms with van der Waals surface area (Å²) in [5, 5.41) is 0. The first-order chi connectivity index (χ1) is 13.3. The zero-order chi connectivity index (χ0) is 19.2. The first-order valence-corrected chi connectivity index (χ1v) is 10.8. The fourth-order valence-electron chi connectivity index (χ4n) is 3.26. The molecule has 2 aromatic rings. The molecule has 2 heteroatoms. The van der Waals surface area contributed by atoms with Crippen LogP contribution in [-0.2, 0) is 22.8 Å². The molecule has 0 heterocycles. The van der Waals surface area contributed by atoms with Gasteiger partial charge in [0.15, 0.2) is 0 Å². The Morgan fingerprint density at radius 3 is 1.96 bits per heavy atom. The highest BCUT2D eigenvalue weighted by Crippen LogP contribution is 2.23. The van der Waals surface area contributed by atoms with E-state index in [4.69, 9.17) is 9.78 Å². The van der Waals surface area contributed by atoms with Gasteiger partial charge < -0.3 is 0 Å². The van der Waals surface area contributed by atoms with Crippen LogP contribution in [0.4, 0.5) is 0 Å². The van der Waals surface area contributed by atoms with E-state index in [0.717, 1.165) is 12.0 Å². The maximum atomic E-state index is 5.39. The van der Waals surface area contributed by atoms with Crippen LogP contribution in [0.15, 0.2) is 48.5 Å². The Bertz CT molecular complexity index is 636. The third-order valence-electron chi connectivity index (χ3n) is 4.90. The lowest BCUT2D eigenvalue weighted by Gasteiger charge is -2.08. The van der Waals surface area contributed by atoms with E-state index in [9.17, 15) is 0 Å². The summed E-state index contributed by atoms with van der Waals surface area (Å²) in [6.07, 6.45) is 11.2. The van der Waals surface area contributed by atoms with Crippen molar-refractivity contribution in [3.8, 4) is 11.1 Å². The molecule has 0 aliphatic carbocycles. The zero-order valence-electron chi connectivity index (χ0n) is 17.2. The molecule has 0 amide bonds. The Morgan fingerprint density at radius 2 is 1.26 bits per heavy atom. The molecule has 0 aliphatic heterocycles. The molecule has 27 heavy (non-hydrogen) atoms. The van der Waals surface area contributed by atoms with Gasteiger partial charge in [0.25, 0.3) is 0 Å². The Labute approximate surface area is 165 Å². The summed E-state index contributed by atoms with van der Waals surface area (Å²) < 4.78 is 0. The maximum Gasteiger partial charge on any atom is 0.107 e. The van der Waals surface area contributed by atoms with Crippen LogP contribution in [0.5, 0.6) is 0 Å². The molecular formula is C25H36O2. The number of hydrogen-bond acceptors (Lipinski definition) is 2. The molecule has 148 valence electrons. The first-order valence-electron chi connectivity index (χ1n) is 10.8. The highest BCUT2D eigenvalue weighted by atomic mass is 17.2. The first kappa shape index (κ1) is 21.7. The van der Waals surface area contributed by atoms with Crippen molar-refractivity contribution in [3.05, 3.63) is 59.7 Å². The summed E-state index contributed by atoms with van der Waals surface area (Å²) in [4.78, 5) is 10.7. The Kier molecular flexibility index (Phi) is 10.8. The number of aryl methyl sites for hydroxylation is 1. The summed E-state index contributed by atoms with van der Waals surface area (Å²) in [6.45, 7) is 5.65. The van der Waals surface area contributed by atoms with E-state index in [-0.39, 0.29) is 0 Å². The Balaban J connectivity index is 1.83. The maximum absolute atomic E-state index is 5.39. The average molecular weight is 369 g/mol. The van der Waals surface area contributed by atoms with E-state index >= 15 is 0 Å². The van der Waals surface area contributed by atoms with Gasteiger partial charge in [-0.3, -0.25) is 0 Å². The van der Waals surface area contributed by atoms with Crippen molar-refractivity contribution in [2.24, 2.45) is 0 Å². The van der Waals surface area contributed by atoms with Gasteiger partial charge in [-0.1, -0.05) is 94.8 Å². The van der Waals surface area contributed by atoms with Crippen molar-refractivity contribution >= 4 is 0 Å². The van der Waals surface area contributed by atoms with Crippen LogP contribution in [0.2, 0.25) is 0 Å². The van der Waals surface area contributed by atoms with Crippen LogP contribution in [0.3, 0.4) is 0 Å². The second-order valence-corrected chi connectivity index (χ2v) is 7.36. The topological polar surface area (TPSA) is 18.5 Å². The molecule has 0 atom stereocenters. The summed E-state index contributed by atoms with van der Waals surface area (Å²) >= 11 is 0. The fraction of sp³-hybridized carbons (Fsp3) is 0.520. The van der Waals surface area contributed by atoms with Gasteiger partial charge in [0, 0.05) is 0 Å². The standard InChI is InChI=1S/C25H36O2/c1-3-5-7-9-13-22-14-11-16-24(19-22)25-17-12-15-23(20-25)21-27-26-18-10-8-6-4-2/h11-12,14-17,19-20H,3-10,13,18,21H2,1-2H3. The lowest BCUT2D eigenvalue weighted by molar-refractivity contribution is -0.304. The van der Waals surface area contributed by atoms with Crippen LogP contribution in [0.25, 0.3) is 11.1 Å². The van der Waals surface area contributed by atoms with Gasteiger partial charge in [-0.2, -0.15) is 0 Å². The van der Waals surface area contributed by atoms with E-state index in [1.165, 1.54) is 68.1 Å². The van der Waals surface area contributed by atoms with E-state index < -0.39 is 0 Å². The van der Waals surface area contributed by atoms with E-state index in [1.54, 1.807) is 0 Å². The summed E-state index contributed by atoms with van der Waals surface area (Å²) in [5.41, 5.74) is 5.11. The molecule has 0 unspecified atom stereocenters. The SMILES string of the molecule is CCCCCCOOCc1cccc(-c2cccc(CCCCCC)c2)c1. The van der Waals surface area contributed by atoms with Crippen molar-refractivity contribution in [2.45, 2.75) is 78.2 Å². The lowest BCUT2D eigenvalue weighted by atomic mass is 9.99. The van der Waals surface area contributed by atoms with E-state index in [0.29, 0.717) is 13.2 Å². The molecule has 0 spiro atoms. The summed E-state index contributed by atoms with van der Waals surface area (Å²) in [6, 6.07) is 17.5. The van der Waals surface area contributed by atoms with Crippen molar-refractivity contribution < 1.29 is 9.78 Å². The largest absolute Gasteiger partial charge is 0.236 e. The van der Waals surface area contributed by atoms with Crippen molar-refractivity contribution in [3.63, 3.8) is 0 Å². The summed E-state index contributed by atoms with van der Waals surface area (Å²) in [5.74, 6) is 0. The molecular weight excluding hydrogens is 332 g/mol. The van der Waals surface area contributed by atoms with Crippen LogP contribution in [0, 0.1) is 0 Å². The second-order valence-electron chi connectivity index (χ2n) is 7.36. The normalized spacial score (nSPS) is 11.0. The Morgan fingerprint density at radius 1 is 0.630 bits per heavy atom. The molecule has 2 nitrogen and oxygen atoms in total. The van der Waals surface area contributed by atoms with Crippen molar-refractivity contribution in [1.82, 2.24) is 0 Å². The average Bonchev–Trinajstić information content (AvgIpc) is 2.71. The van der Waals surface area contributed by atoms with Crippen molar-refractivity contribution in [2.75, 3.05) is 6.61 Å². The molecule has 0 fully saturated rings. The number of hydrogen-bond donors (Lipinski definition) is 0. The van der Waals surface area contributed by atoms with Gasteiger partial charge in [-0.05, 0) is 47.6 Å².